The third kappa shape index (κ3) is 4.12. The number of carbonyl (C=O) groups is 2. The molecule has 0 fully saturated rings. The summed E-state index contributed by atoms with van der Waals surface area (Å²) >= 11 is 1.38. The predicted octanol–water partition coefficient (Wildman–Crippen LogP) is 4.69. The smallest absolute Gasteiger partial charge is 0.267 e. The van der Waals surface area contributed by atoms with Crippen molar-refractivity contribution in [1.29, 1.82) is 0 Å². The molecule has 0 atom stereocenters. The number of carbonyl (C=O) groups excluding carboxylic acids is 2. The van der Waals surface area contributed by atoms with Crippen LogP contribution in [-0.2, 0) is 0 Å². The molecule has 0 spiro atoms. The van der Waals surface area contributed by atoms with Gasteiger partial charge in [0.25, 0.3) is 11.8 Å². The number of aryl methyl sites for hydroxylation is 3. The maximum atomic E-state index is 12.8. The summed E-state index contributed by atoms with van der Waals surface area (Å²) in [5, 5.41) is 3.71. The Balaban J connectivity index is 1.85. The van der Waals surface area contributed by atoms with Crippen LogP contribution in [0.25, 0.3) is 10.6 Å². The van der Waals surface area contributed by atoms with Crippen molar-refractivity contribution in [3.8, 4) is 10.6 Å². The number of rotatable bonds is 4. The molecular weight excluding hydrogens is 370 g/mol. The van der Waals surface area contributed by atoms with E-state index in [4.69, 9.17) is 0 Å². The highest BCUT2D eigenvalue weighted by Crippen LogP contribution is 2.31. The van der Waals surface area contributed by atoms with E-state index < -0.39 is 0 Å². The van der Waals surface area contributed by atoms with E-state index in [-0.39, 0.29) is 11.8 Å². The first-order valence-corrected chi connectivity index (χ1v) is 9.76. The largest absolute Gasteiger partial charge is 0.345 e. The van der Waals surface area contributed by atoms with Crippen molar-refractivity contribution < 1.29 is 9.59 Å². The summed E-state index contributed by atoms with van der Waals surface area (Å²) in [6.07, 6.45) is 0. The average Bonchev–Trinajstić information content (AvgIpc) is 3.02. The van der Waals surface area contributed by atoms with Gasteiger partial charge in [0.2, 0.25) is 0 Å². The second-order valence-corrected chi connectivity index (χ2v) is 7.99. The molecule has 2 aromatic carbocycles. The molecule has 0 bridgehead atoms. The quantitative estimate of drug-likeness (QED) is 0.699. The standard InChI is InChI=1S/C22H23N3O2S/c1-13-9-10-18(14(2)11-13)21-23-15(3)19(28-21)20(26)24-17-8-6-7-16(12-17)22(27)25(4)5/h6-12H,1-5H3,(H,24,26). The summed E-state index contributed by atoms with van der Waals surface area (Å²) in [6, 6.07) is 13.1. The summed E-state index contributed by atoms with van der Waals surface area (Å²) in [6.45, 7) is 5.94. The van der Waals surface area contributed by atoms with Gasteiger partial charge in [0.1, 0.15) is 9.88 Å². The Hall–Kier alpha value is -2.99. The number of thiazole rings is 1. The summed E-state index contributed by atoms with van der Waals surface area (Å²) in [4.78, 5) is 31.6. The minimum atomic E-state index is -0.222. The second kappa shape index (κ2) is 7.94. The molecule has 0 aliphatic rings. The SMILES string of the molecule is Cc1ccc(-c2nc(C)c(C(=O)Nc3cccc(C(=O)N(C)C)c3)s2)c(C)c1. The molecule has 3 rings (SSSR count). The lowest BCUT2D eigenvalue weighted by atomic mass is 10.1. The van der Waals surface area contributed by atoms with Gasteiger partial charge in [-0.15, -0.1) is 11.3 Å². The van der Waals surface area contributed by atoms with Crippen LogP contribution in [0.15, 0.2) is 42.5 Å². The highest BCUT2D eigenvalue weighted by atomic mass is 32.1. The van der Waals surface area contributed by atoms with E-state index in [2.05, 4.69) is 23.3 Å². The molecule has 0 saturated carbocycles. The Kier molecular flexibility index (Phi) is 5.61. The van der Waals surface area contributed by atoms with Crippen LogP contribution in [0, 0.1) is 20.8 Å². The minimum absolute atomic E-state index is 0.109. The highest BCUT2D eigenvalue weighted by molar-refractivity contribution is 7.17. The van der Waals surface area contributed by atoms with Crippen molar-refractivity contribution in [2.45, 2.75) is 20.8 Å². The maximum absolute atomic E-state index is 12.8. The summed E-state index contributed by atoms with van der Waals surface area (Å²) in [5.74, 6) is -0.331. The minimum Gasteiger partial charge on any atom is -0.345 e. The van der Waals surface area contributed by atoms with E-state index >= 15 is 0 Å². The molecule has 6 heteroatoms. The number of hydrogen-bond donors (Lipinski definition) is 1. The molecule has 0 radical (unpaired) electrons. The van der Waals surface area contributed by atoms with Gasteiger partial charge in [-0.1, -0.05) is 29.8 Å². The van der Waals surface area contributed by atoms with Crippen LogP contribution in [0.2, 0.25) is 0 Å². The predicted molar refractivity (Wildman–Crippen MR) is 114 cm³/mol. The zero-order valence-corrected chi connectivity index (χ0v) is 17.5. The molecule has 0 aliphatic heterocycles. The van der Waals surface area contributed by atoms with E-state index in [1.165, 1.54) is 21.8 Å². The molecule has 1 aromatic heterocycles. The van der Waals surface area contributed by atoms with Gasteiger partial charge >= 0.3 is 0 Å². The third-order valence-corrected chi connectivity index (χ3v) is 5.58. The molecular formula is C22H23N3O2S. The monoisotopic (exact) mass is 393 g/mol. The number of benzene rings is 2. The first-order valence-electron chi connectivity index (χ1n) is 8.94. The summed E-state index contributed by atoms with van der Waals surface area (Å²) in [7, 11) is 3.39. The Bertz CT molecular complexity index is 1050. The number of nitrogens with zero attached hydrogens (tertiary/aromatic N) is 2. The third-order valence-electron chi connectivity index (χ3n) is 4.39. The molecule has 0 saturated heterocycles. The number of anilines is 1. The van der Waals surface area contributed by atoms with Crippen molar-refractivity contribution in [3.63, 3.8) is 0 Å². The molecule has 0 aliphatic carbocycles. The summed E-state index contributed by atoms with van der Waals surface area (Å²) < 4.78 is 0. The lowest BCUT2D eigenvalue weighted by Crippen LogP contribution is -2.21. The zero-order chi connectivity index (χ0) is 20.4. The lowest BCUT2D eigenvalue weighted by Gasteiger charge is -2.11. The van der Waals surface area contributed by atoms with Crippen LogP contribution < -0.4 is 5.32 Å². The van der Waals surface area contributed by atoms with Crippen LogP contribution in [0.5, 0.6) is 0 Å². The molecule has 28 heavy (non-hydrogen) atoms. The summed E-state index contributed by atoms with van der Waals surface area (Å²) in [5.41, 5.74) is 5.17. The van der Waals surface area contributed by atoms with E-state index in [9.17, 15) is 9.59 Å². The Morgan fingerprint density at radius 1 is 1.04 bits per heavy atom. The maximum Gasteiger partial charge on any atom is 0.267 e. The van der Waals surface area contributed by atoms with Gasteiger partial charge < -0.3 is 10.2 Å². The molecule has 0 unspecified atom stereocenters. The molecule has 5 nitrogen and oxygen atoms in total. The van der Waals surface area contributed by atoms with Gasteiger partial charge in [0.15, 0.2) is 0 Å². The molecule has 2 amide bonds. The Morgan fingerprint density at radius 2 is 1.79 bits per heavy atom. The van der Waals surface area contributed by atoms with Crippen molar-refractivity contribution in [3.05, 3.63) is 69.7 Å². The van der Waals surface area contributed by atoms with E-state index in [0.29, 0.717) is 21.8 Å². The highest BCUT2D eigenvalue weighted by Gasteiger charge is 2.18. The molecule has 3 aromatic rings. The lowest BCUT2D eigenvalue weighted by molar-refractivity contribution is 0.0827. The van der Waals surface area contributed by atoms with Gasteiger partial charge in [-0.25, -0.2) is 4.98 Å². The fourth-order valence-electron chi connectivity index (χ4n) is 2.95. The second-order valence-electron chi connectivity index (χ2n) is 6.99. The van der Waals surface area contributed by atoms with Gasteiger partial charge in [-0.3, -0.25) is 9.59 Å². The van der Waals surface area contributed by atoms with E-state index in [1.807, 2.05) is 26.0 Å². The van der Waals surface area contributed by atoms with Crippen molar-refractivity contribution >= 4 is 28.8 Å². The van der Waals surface area contributed by atoms with E-state index in [0.717, 1.165) is 16.1 Å². The Morgan fingerprint density at radius 3 is 2.46 bits per heavy atom. The van der Waals surface area contributed by atoms with Crippen LogP contribution in [0.4, 0.5) is 5.69 Å². The number of hydrogen-bond acceptors (Lipinski definition) is 4. The number of amides is 2. The van der Waals surface area contributed by atoms with Crippen LogP contribution in [0.3, 0.4) is 0 Å². The zero-order valence-electron chi connectivity index (χ0n) is 16.7. The van der Waals surface area contributed by atoms with Gasteiger partial charge in [-0.2, -0.15) is 0 Å². The van der Waals surface area contributed by atoms with Crippen molar-refractivity contribution in [2.75, 3.05) is 19.4 Å². The Labute approximate surface area is 169 Å². The normalized spacial score (nSPS) is 10.6. The first kappa shape index (κ1) is 19.8. The topological polar surface area (TPSA) is 62.3 Å². The van der Waals surface area contributed by atoms with Gasteiger partial charge in [0.05, 0.1) is 5.69 Å². The number of nitrogens with one attached hydrogen (secondary N) is 1. The van der Waals surface area contributed by atoms with Crippen LogP contribution >= 0.6 is 11.3 Å². The van der Waals surface area contributed by atoms with Gasteiger partial charge in [-0.05, 0) is 44.5 Å². The number of aromatic nitrogens is 1. The van der Waals surface area contributed by atoms with E-state index in [1.54, 1.807) is 38.4 Å². The van der Waals surface area contributed by atoms with Crippen LogP contribution in [-0.4, -0.2) is 35.8 Å². The average molecular weight is 394 g/mol. The van der Waals surface area contributed by atoms with Crippen molar-refractivity contribution in [1.82, 2.24) is 9.88 Å². The van der Waals surface area contributed by atoms with Crippen molar-refractivity contribution in [2.24, 2.45) is 0 Å². The molecule has 144 valence electrons. The molecule has 1 N–H and O–H groups in total. The van der Waals surface area contributed by atoms with Gasteiger partial charge in [0, 0.05) is 30.9 Å². The molecule has 1 heterocycles. The first-order chi connectivity index (χ1) is 13.3. The fraction of sp³-hybridized carbons (Fsp3) is 0.227. The fourth-order valence-corrected chi connectivity index (χ4v) is 4.00. The van der Waals surface area contributed by atoms with Crippen LogP contribution in [0.1, 0.15) is 36.9 Å².